The van der Waals surface area contributed by atoms with Gasteiger partial charge in [0, 0.05) is 75.1 Å². The number of hydrogen-bond donors (Lipinski definition) is 0. The second-order valence-corrected chi connectivity index (χ2v) is 9.56. The molecule has 0 bridgehead atoms. The van der Waals surface area contributed by atoms with Crippen molar-refractivity contribution in [1.82, 2.24) is 9.80 Å². The van der Waals surface area contributed by atoms with Gasteiger partial charge in [-0.2, -0.15) is 0 Å². The quantitative estimate of drug-likeness (QED) is 0.380. The zero-order valence-electron chi connectivity index (χ0n) is 20.0. The van der Waals surface area contributed by atoms with Crippen molar-refractivity contribution in [3.8, 4) is 0 Å². The largest absolute Gasteiger partial charge is 0.369 e. The van der Waals surface area contributed by atoms with Crippen molar-refractivity contribution < 1.29 is 14.1 Å². The Morgan fingerprint density at radius 2 is 1.56 bits per heavy atom. The lowest BCUT2D eigenvalue weighted by Crippen LogP contribution is -2.48. The summed E-state index contributed by atoms with van der Waals surface area (Å²) in [5.74, 6) is 0.197. The van der Waals surface area contributed by atoms with Crippen molar-refractivity contribution in [2.24, 2.45) is 5.92 Å². The smallest absolute Gasteiger partial charge is 0.269 e. The van der Waals surface area contributed by atoms with E-state index in [2.05, 4.69) is 21.9 Å². The number of halogens is 1. The number of nitro groups is 1. The highest BCUT2D eigenvalue weighted by atomic mass is 19.1. The summed E-state index contributed by atoms with van der Waals surface area (Å²) in [5, 5.41) is 11.0. The standard InChI is InChI=1S/C28H29FN4O3/c29-24-8-12-25(13-9-24)31-16-14-30(15-17-31)18-23-19-32(20-27(23)21-4-2-1-3-5-21)28(34)22-6-10-26(11-7-22)33(35)36/h1-13,23,27H,14-20H2. The zero-order chi connectivity index (χ0) is 25.1. The normalized spacial score (nSPS) is 20.5. The minimum absolute atomic E-state index is 0.0206. The Labute approximate surface area is 209 Å². The summed E-state index contributed by atoms with van der Waals surface area (Å²) in [6.45, 7) is 5.73. The van der Waals surface area contributed by atoms with E-state index in [-0.39, 0.29) is 29.2 Å². The van der Waals surface area contributed by atoms with Crippen molar-refractivity contribution in [1.29, 1.82) is 0 Å². The molecular formula is C28H29FN4O3. The van der Waals surface area contributed by atoms with Crippen LogP contribution >= 0.6 is 0 Å². The molecule has 2 fully saturated rings. The van der Waals surface area contributed by atoms with Gasteiger partial charge in [-0.25, -0.2) is 4.39 Å². The molecule has 0 aromatic heterocycles. The fourth-order valence-corrected chi connectivity index (χ4v) is 5.38. The zero-order valence-corrected chi connectivity index (χ0v) is 20.0. The van der Waals surface area contributed by atoms with Crippen molar-refractivity contribution >= 4 is 17.3 Å². The van der Waals surface area contributed by atoms with Gasteiger partial charge in [0.15, 0.2) is 0 Å². The Kier molecular flexibility index (Phi) is 6.95. The number of non-ortho nitro benzene ring substituents is 1. The summed E-state index contributed by atoms with van der Waals surface area (Å²) in [6.07, 6.45) is 0. The maximum atomic E-state index is 13.3. The lowest BCUT2D eigenvalue weighted by Gasteiger charge is -2.37. The maximum absolute atomic E-state index is 13.3. The molecule has 7 nitrogen and oxygen atoms in total. The number of anilines is 1. The number of nitrogens with zero attached hydrogens (tertiary/aromatic N) is 4. The number of benzene rings is 3. The molecule has 3 aromatic carbocycles. The first-order valence-corrected chi connectivity index (χ1v) is 12.3. The van der Waals surface area contributed by atoms with Crippen molar-refractivity contribution in [3.63, 3.8) is 0 Å². The fourth-order valence-electron chi connectivity index (χ4n) is 5.38. The van der Waals surface area contributed by atoms with E-state index < -0.39 is 4.92 Å². The van der Waals surface area contributed by atoms with Crippen LogP contribution in [0, 0.1) is 21.8 Å². The summed E-state index contributed by atoms with van der Waals surface area (Å²) >= 11 is 0. The molecule has 186 valence electrons. The van der Waals surface area contributed by atoms with Crippen LogP contribution in [0.3, 0.4) is 0 Å². The highest BCUT2D eigenvalue weighted by Crippen LogP contribution is 2.34. The summed E-state index contributed by atoms with van der Waals surface area (Å²) in [4.78, 5) is 30.4. The van der Waals surface area contributed by atoms with E-state index in [1.807, 2.05) is 35.2 Å². The number of nitro benzene ring substituents is 1. The average Bonchev–Trinajstić information content (AvgIpc) is 3.33. The predicted octanol–water partition coefficient (Wildman–Crippen LogP) is 4.41. The first kappa shape index (κ1) is 23.9. The van der Waals surface area contributed by atoms with Gasteiger partial charge in [0.25, 0.3) is 11.6 Å². The van der Waals surface area contributed by atoms with Crippen LogP contribution in [-0.4, -0.2) is 66.4 Å². The molecule has 2 unspecified atom stereocenters. The van der Waals surface area contributed by atoms with Crippen LogP contribution in [0.15, 0.2) is 78.9 Å². The molecule has 2 aliphatic rings. The van der Waals surface area contributed by atoms with Crippen molar-refractivity contribution in [2.45, 2.75) is 5.92 Å². The molecule has 2 heterocycles. The van der Waals surface area contributed by atoms with E-state index in [1.165, 1.54) is 29.8 Å². The molecule has 0 radical (unpaired) electrons. The number of hydrogen-bond acceptors (Lipinski definition) is 5. The molecule has 0 spiro atoms. The number of likely N-dealkylation sites (tertiary alicyclic amines) is 1. The van der Waals surface area contributed by atoms with Crippen LogP contribution in [0.1, 0.15) is 21.8 Å². The number of amides is 1. The SMILES string of the molecule is O=C(c1ccc([N+](=O)[O-])cc1)N1CC(CN2CCN(c3ccc(F)cc3)CC2)C(c2ccccc2)C1. The molecule has 5 rings (SSSR count). The Hall–Kier alpha value is -3.78. The van der Waals surface area contributed by atoms with Gasteiger partial charge in [-0.05, 0) is 47.9 Å². The second-order valence-electron chi connectivity index (χ2n) is 9.56. The first-order valence-electron chi connectivity index (χ1n) is 12.3. The molecule has 2 aliphatic heterocycles. The van der Waals surface area contributed by atoms with Gasteiger partial charge in [0.05, 0.1) is 4.92 Å². The molecule has 0 aliphatic carbocycles. The molecule has 2 atom stereocenters. The van der Waals surface area contributed by atoms with Crippen LogP contribution in [0.25, 0.3) is 0 Å². The third kappa shape index (κ3) is 5.23. The average molecular weight is 489 g/mol. The Morgan fingerprint density at radius 1 is 0.889 bits per heavy atom. The molecule has 0 saturated carbocycles. The van der Waals surface area contributed by atoms with E-state index in [9.17, 15) is 19.3 Å². The lowest BCUT2D eigenvalue weighted by molar-refractivity contribution is -0.384. The summed E-state index contributed by atoms with van der Waals surface area (Å²) in [7, 11) is 0. The Bertz CT molecular complexity index is 1200. The molecular weight excluding hydrogens is 459 g/mol. The van der Waals surface area contributed by atoms with Crippen LogP contribution in [0.4, 0.5) is 15.8 Å². The summed E-state index contributed by atoms with van der Waals surface area (Å²) in [5.41, 5.74) is 2.72. The second kappa shape index (κ2) is 10.5. The van der Waals surface area contributed by atoms with Gasteiger partial charge >= 0.3 is 0 Å². The molecule has 1 amide bonds. The highest BCUT2D eigenvalue weighted by molar-refractivity contribution is 5.94. The van der Waals surface area contributed by atoms with Crippen LogP contribution in [0.5, 0.6) is 0 Å². The van der Waals surface area contributed by atoms with Gasteiger partial charge < -0.3 is 9.80 Å². The topological polar surface area (TPSA) is 69.9 Å². The number of carbonyl (C=O) groups excluding carboxylic acids is 1. The van der Waals surface area contributed by atoms with E-state index in [4.69, 9.17) is 0 Å². The van der Waals surface area contributed by atoms with Gasteiger partial charge in [-0.1, -0.05) is 30.3 Å². The predicted molar refractivity (Wildman–Crippen MR) is 137 cm³/mol. The summed E-state index contributed by atoms with van der Waals surface area (Å²) < 4.78 is 13.3. The Balaban J connectivity index is 1.26. The first-order chi connectivity index (χ1) is 17.5. The van der Waals surface area contributed by atoms with E-state index in [1.54, 1.807) is 12.1 Å². The molecule has 36 heavy (non-hydrogen) atoms. The number of carbonyl (C=O) groups is 1. The van der Waals surface area contributed by atoms with Crippen LogP contribution in [0.2, 0.25) is 0 Å². The lowest BCUT2D eigenvalue weighted by atomic mass is 9.88. The number of piperazine rings is 1. The molecule has 8 heteroatoms. The van der Waals surface area contributed by atoms with Gasteiger partial charge in [-0.15, -0.1) is 0 Å². The Morgan fingerprint density at radius 3 is 2.19 bits per heavy atom. The van der Waals surface area contributed by atoms with Gasteiger partial charge in [0.2, 0.25) is 0 Å². The summed E-state index contributed by atoms with van der Waals surface area (Å²) in [6, 6.07) is 22.8. The van der Waals surface area contributed by atoms with Crippen LogP contribution in [-0.2, 0) is 0 Å². The van der Waals surface area contributed by atoms with E-state index in [0.29, 0.717) is 18.7 Å². The molecule has 2 saturated heterocycles. The monoisotopic (exact) mass is 488 g/mol. The van der Waals surface area contributed by atoms with E-state index in [0.717, 1.165) is 38.4 Å². The minimum Gasteiger partial charge on any atom is -0.369 e. The molecule has 3 aromatic rings. The minimum atomic E-state index is -0.457. The van der Waals surface area contributed by atoms with E-state index >= 15 is 0 Å². The molecule has 0 N–H and O–H groups in total. The van der Waals surface area contributed by atoms with Gasteiger partial charge in [0.1, 0.15) is 5.82 Å². The third-order valence-corrected chi connectivity index (χ3v) is 7.34. The maximum Gasteiger partial charge on any atom is 0.269 e. The van der Waals surface area contributed by atoms with Crippen LogP contribution < -0.4 is 4.90 Å². The fraction of sp³-hybridized carbons (Fsp3) is 0.321. The third-order valence-electron chi connectivity index (χ3n) is 7.34. The van der Waals surface area contributed by atoms with Gasteiger partial charge in [-0.3, -0.25) is 19.8 Å². The highest BCUT2D eigenvalue weighted by Gasteiger charge is 2.37. The van der Waals surface area contributed by atoms with Crippen molar-refractivity contribution in [3.05, 3.63) is 106 Å². The number of rotatable bonds is 6. The van der Waals surface area contributed by atoms with Crippen molar-refractivity contribution in [2.75, 3.05) is 50.7 Å².